The first-order valence-corrected chi connectivity index (χ1v) is 12.3. The highest BCUT2D eigenvalue weighted by Crippen LogP contribution is 2.43. The second kappa shape index (κ2) is 9.46. The lowest BCUT2D eigenvalue weighted by atomic mass is 10.1. The number of rotatable bonds is 4. The fourth-order valence-electron chi connectivity index (χ4n) is 5.18. The van der Waals surface area contributed by atoms with E-state index in [1.165, 1.54) is 6.07 Å². The van der Waals surface area contributed by atoms with Crippen molar-refractivity contribution in [2.24, 2.45) is 0 Å². The molecule has 9 heteroatoms. The predicted octanol–water partition coefficient (Wildman–Crippen LogP) is 5.01. The molecule has 1 fully saturated rings. The molecule has 6 nitrogen and oxygen atoms in total. The van der Waals surface area contributed by atoms with Crippen molar-refractivity contribution in [2.45, 2.75) is 38.8 Å². The molecule has 3 aromatic rings. The van der Waals surface area contributed by atoms with Crippen LogP contribution in [0.5, 0.6) is 5.75 Å². The fourth-order valence-corrected chi connectivity index (χ4v) is 5.77. The van der Waals surface area contributed by atoms with Gasteiger partial charge in [-0.15, -0.1) is 10.2 Å². The fraction of sp³-hybridized carbons (Fsp3) is 0.440. The van der Waals surface area contributed by atoms with E-state index >= 15 is 4.39 Å². The van der Waals surface area contributed by atoms with Gasteiger partial charge in [0.1, 0.15) is 17.8 Å². The van der Waals surface area contributed by atoms with E-state index in [0.29, 0.717) is 27.4 Å². The van der Waals surface area contributed by atoms with E-state index in [0.717, 1.165) is 50.1 Å². The van der Waals surface area contributed by atoms with Gasteiger partial charge in [-0.25, -0.2) is 4.39 Å². The lowest BCUT2D eigenvalue weighted by Gasteiger charge is -2.32. The molecule has 0 saturated carbocycles. The topological polar surface area (TPSA) is 46.4 Å². The molecule has 2 aliphatic rings. The Balaban J connectivity index is 1.49. The van der Waals surface area contributed by atoms with Crippen molar-refractivity contribution in [3.8, 4) is 11.4 Å². The van der Waals surface area contributed by atoms with Crippen LogP contribution in [-0.2, 0) is 6.42 Å². The molecule has 2 atom stereocenters. The average Bonchev–Trinajstić information content (AvgIpc) is 3.22. The first-order valence-electron chi connectivity index (χ1n) is 11.6. The summed E-state index contributed by atoms with van der Waals surface area (Å²) in [6.07, 6.45) is 1.46. The van der Waals surface area contributed by atoms with E-state index in [9.17, 15) is 0 Å². The smallest absolute Gasteiger partial charge is 0.167 e. The molecule has 180 valence electrons. The number of hydrogen-bond donors (Lipinski definition) is 0. The highest BCUT2D eigenvalue weighted by atomic mass is 35.5. The Morgan fingerprint density at radius 1 is 1.00 bits per heavy atom. The number of aromatic nitrogens is 3. The van der Waals surface area contributed by atoms with Crippen molar-refractivity contribution in [1.29, 1.82) is 0 Å². The summed E-state index contributed by atoms with van der Waals surface area (Å²) in [5, 5.41) is 9.34. The minimum Gasteiger partial charge on any atom is -0.481 e. The predicted molar refractivity (Wildman–Crippen MR) is 132 cm³/mol. The Morgan fingerprint density at radius 2 is 1.76 bits per heavy atom. The van der Waals surface area contributed by atoms with Gasteiger partial charge in [0.25, 0.3) is 0 Å². The van der Waals surface area contributed by atoms with Gasteiger partial charge in [-0.05, 0) is 76.7 Å². The number of fused-ring (bicyclic) bond motifs is 1. The van der Waals surface area contributed by atoms with Gasteiger partial charge in [-0.2, -0.15) is 0 Å². The summed E-state index contributed by atoms with van der Waals surface area (Å²) in [6, 6.07) is 8.72. The molecule has 0 N–H and O–H groups in total. The van der Waals surface area contributed by atoms with E-state index in [4.69, 9.17) is 27.9 Å². The number of nitrogens with zero attached hydrogens (tertiary/aromatic N) is 5. The number of benzene rings is 2. The summed E-state index contributed by atoms with van der Waals surface area (Å²) < 4.78 is 23.6. The van der Waals surface area contributed by atoms with Gasteiger partial charge in [-0.1, -0.05) is 23.2 Å². The van der Waals surface area contributed by atoms with Crippen LogP contribution in [0, 0.1) is 19.7 Å². The molecule has 1 aliphatic carbocycles. The second-order valence-electron chi connectivity index (χ2n) is 9.20. The van der Waals surface area contributed by atoms with Crippen LogP contribution in [-0.4, -0.2) is 63.8 Å². The molecule has 0 bridgehead atoms. The zero-order valence-corrected chi connectivity index (χ0v) is 21.1. The Kier molecular flexibility index (Phi) is 6.55. The highest BCUT2D eigenvalue weighted by Gasteiger charge is 2.40. The summed E-state index contributed by atoms with van der Waals surface area (Å²) >= 11 is 13.0. The van der Waals surface area contributed by atoms with Crippen molar-refractivity contribution in [1.82, 2.24) is 24.6 Å². The third-order valence-corrected chi connectivity index (χ3v) is 7.46. The van der Waals surface area contributed by atoms with E-state index in [-0.39, 0.29) is 17.9 Å². The zero-order chi connectivity index (χ0) is 24.0. The first-order chi connectivity index (χ1) is 16.3. The van der Waals surface area contributed by atoms with Crippen LogP contribution < -0.4 is 4.74 Å². The molecule has 2 unspecified atom stereocenters. The average molecular weight is 504 g/mol. The monoisotopic (exact) mass is 503 g/mol. The molecule has 0 radical (unpaired) electrons. The SMILES string of the molecule is Cc1nnc(C)n1-c1ccc(OC2c3cc(Cl)cc(Cl)c3CC2N2CCCN(C)CC2)c(F)c1. The lowest BCUT2D eigenvalue weighted by molar-refractivity contribution is 0.0775. The molecule has 2 aromatic carbocycles. The van der Waals surface area contributed by atoms with Crippen molar-refractivity contribution < 1.29 is 9.13 Å². The van der Waals surface area contributed by atoms with E-state index in [1.54, 1.807) is 12.1 Å². The van der Waals surface area contributed by atoms with Gasteiger partial charge in [0.05, 0.1) is 11.7 Å². The van der Waals surface area contributed by atoms with Crippen molar-refractivity contribution in [3.05, 3.63) is 69.0 Å². The van der Waals surface area contributed by atoms with E-state index in [1.807, 2.05) is 30.5 Å². The Labute approximate surface area is 209 Å². The molecular formula is C25H28Cl2FN5O. The molecule has 1 aromatic heterocycles. The Bertz CT molecular complexity index is 1200. The Morgan fingerprint density at radius 3 is 2.50 bits per heavy atom. The van der Waals surface area contributed by atoms with Crippen molar-refractivity contribution in [3.63, 3.8) is 0 Å². The summed E-state index contributed by atoms with van der Waals surface area (Å²) in [5.74, 6) is 1.18. The van der Waals surface area contributed by atoms with E-state index < -0.39 is 5.82 Å². The van der Waals surface area contributed by atoms with Crippen LogP contribution in [0.2, 0.25) is 10.0 Å². The summed E-state index contributed by atoms with van der Waals surface area (Å²) in [5.41, 5.74) is 2.63. The maximum Gasteiger partial charge on any atom is 0.167 e. The zero-order valence-electron chi connectivity index (χ0n) is 19.6. The summed E-state index contributed by atoms with van der Waals surface area (Å²) in [4.78, 5) is 4.80. The first kappa shape index (κ1) is 23.5. The molecule has 0 spiro atoms. The summed E-state index contributed by atoms with van der Waals surface area (Å²) in [6.45, 7) is 7.61. The van der Waals surface area contributed by atoms with Gasteiger partial charge in [-0.3, -0.25) is 9.47 Å². The van der Waals surface area contributed by atoms with Crippen molar-refractivity contribution in [2.75, 3.05) is 33.2 Å². The molecule has 34 heavy (non-hydrogen) atoms. The number of ether oxygens (including phenoxy) is 1. The van der Waals surface area contributed by atoms with Crippen LogP contribution in [0.3, 0.4) is 0 Å². The van der Waals surface area contributed by atoms with Crippen LogP contribution in [0.25, 0.3) is 5.69 Å². The van der Waals surface area contributed by atoms with Crippen LogP contribution in [0.15, 0.2) is 30.3 Å². The lowest BCUT2D eigenvalue weighted by Crippen LogP contribution is -2.42. The molecular weight excluding hydrogens is 476 g/mol. The summed E-state index contributed by atoms with van der Waals surface area (Å²) in [7, 11) is 2.15. The standard InChI is InChI=1S/C25H28Cl2FN5O/c1-15-29-30-16(2)33(15)18-5-6-24(22(28)13-18)34-25-20-11-17(26)12-21(27)19(20)14-23(25)32-8-4-7-31(3)9-10-32/h5-6,11-13,23,25H,4,7-10,14H2,1-3H3. The van der Waals surface area contributed by atoms with Gasteiger partial charge in [0.2, 0.25) is 0 Å². The van der Waals surface area contributed by atoms with Gasteiger partial charge in [0, 0.05) is 34.8 Å². The maximum atomic E-state index is 15.3. The van der Waals surface area contributed by atoms with Crippen molar-refractivity contribution >= 4 is 23.2 Å². The number of halogens is 3. The highest BCUT2D eigenvalue weighted by molar-refractivity contribution is 6.35. The normalized spacial score (nSPS) is 21.5. The van der Waals surface area contributed by atoms with Crippen LogP contribution in [0.1, 0.15) is 35.3 Å². The Hall–Kier alpha value is -2.19. The van der Waals surface area contributed by atoms with Gasteiger partial charge < -0.3 is 9.64 Å². The largest absolute Gasteiger partial charge is 0.481 e. The van der Waals surface area contributed by atoms with Crippen LogP contribution in [0.4, 0.5) is 4.39 Å². The molecule has 5 rings (SSSR count). The quantitative estimate of drug-likeness (QED) is 0.500. The second-order valence-corrected chi connectivity index (χ2v) is 10.0. The molecule has 2 heterocycles. The van der Waals surface area contributed by atoms with E-state index in [2.05, 4.69) is 27.0 Å². The minimum atomic E-state index is -0.430. The molecule has 1 saturated heterocycles. The van der Waals surface area contributed by atoms with Gasteiger partial charge >= 0.3 is 0 Å². The molecule has 0 amide bonds. The third-order valence-electron chi connectivity index (χ3n) is 6.90. The number of hydrogen-bond acceptors (Lipinski definition) is 5. The van der Waals surface area contributed by atoms with Gasteiger partial charge in [0.15, 0.2) is 11.6 Å². The number of likely N-dealkylation sites (N-methyl/N-ethyl adjacent to an activating group) is 1. The van der Waals surface area contributed by atoms with Crippen LogP contribution >= 0.6 is 23.2 Å². The molecule has 1 aliphatic heterocycles. The third kappa shape index (κ3) is 4.42. The number of aryl methyl sites for hydroxylation is 2. The minimum absolute atomic E-state index is 0.0545. The maximum absolute atomic E-state index is 15.3.